The van der Waals surface area contributed by atoms with E-state index in [9.17, 15) is 14.4 Å². The molecule has 172 valence electrons. The average Bonchev–Trinajstić information content (AvgIpc) is 3.54. The van der Waals surface area contributed by atoms with Crippen LogP contribution in [-0.2, 0) is 20.7 Å². The highest BCUT2D eigenvalue weighted by Crippen LogP contribution is 2.44. The van der Waals surface area contributed by atoms with Crippen LogP contribution in [0, 0.1) is 0 Å². The molecule has 7 nitrogen and oxygen atoms in total. The van der Waals surface area contributed by atoms with Gasteiger partial charge in [-0.1, -0.05) is 66.7 Å². The molecular formula is C27H24N2O5. The molecule has 0 atom stereocenters. The van der Waals surface area contributed by atoms with Gasteiger partial charge in [-0.05, 0) is 46.7 Å². The molecular weight excluding hydrogens is 432 g/mol. The van der Waals surface area contributed by atoms with Crippen LogP contribution in [0.2, 0.25) is 0 Å². The van der Waals surface area contributed by atoms with Gasteiger partial charge in [0.1, 0.15) is 12.1 Å². The fourth-order valence-electron chi connectivity index (χ4n) is 4.56. The fourth-order valence-corrected chi connectivity index (χ4v) is 4.56. The summed E-state index contributed by atoms with van der Waals surface area (Å²) in [5.41, 5.74) is 4.40. The molecule has 0 bridgehead atoms. The molecule has 0 saturated heterocycles. The molecule has 0 heterocycles. The molecule has 3 aromatic rings. The van der Waals surface area contributed by atoms with E-state index in [0.717, 1.165) is 22.3 Å². The van der Waals surface area contributed by atoms with Gasteiger partial charge in [-0.2, -0.15) is 0 Å². The summed E-state index contributed by atoms with van der Waals surface area (Å²) >= 11 is 0. The number of carbonyl (C=O) groups excluding carboxylic acids is 2. The van der Waals surface area contributed by atoms with Crippen LogP contribution in [0.1, 0.15) is 35.4 Å². The third-order valence-corrected chi connectivity index (χ3v) is 6.48. The van der Waals surface area contributed by atoms with E-state index in [1.165, 1.54) is 0 Å². The first kappa shape index (κ1) is 21.7. The average molecular weight is 456 g/mol. The van der Waals surface area contributed by atoms with E-state index in [1.54, 1.807) is 24.3 Å². The third-order valence-electron chi connectivity index (χ3n) is 6.48. The number of fused-ring (bicyclic) bond motifs is 3. The maximum Gasteiger partial charge on any atom is 0.408 e. The van der Waals surface area contributed by atoms with Crippen LogP contribution >= 0.6 is 0 Å². The van der Waals surface area contributed by atoms with Crippen LogP contribution in [0.5, 0.6) is 0 Å². The lowest BCUT2D eigenvalue weighted by molar-refractivity contribution is -0.136. The Morgan fingerprint density at radius 3 is 2.09 bits per heavy atom. The van der Waals surface area contributed by atoms with Crippen LogP contribution in [0.4, 0.5) is 10.5 Å². The number of para-hydroxylation sites is 1. The SMILES string of the molecule is O=C(O)Cc1ccccc1NC(=O)C1(NC(=O)OCC2c3ccccc3-c3ccccc32)CC1. The molecule has 3 N–H and O–H groups in total. The lowest BCUT2D eigenvalue weighted by Gasteiger charge is -2.20. The second-order valence-corrected chi connectivity index (χ2v) is 8.71. The number of amides is 2. The molecule has 1 saturated carbocycles. The van der Waals surface area contributed by atoms with Crippen molar-refractivity contribution in [2.24, 2.45) is 0 Å². The molecule has 2 aliphatic carbocycles. The number of hydrogen-bond acceptors (Lipinski definition) is 4. The Labute approximate surface area is 196 Å². The summed E-state index contributed by atoms with van der Waals surface area (Å²) in [4.78, 5) is 36.7. The molecule has 2 aliphatic rings. The Kier molecular flexibility index (Phi) is 5.53. The summed E-state index contributed by atoms with van der Waals surface area (Å²) in [7, 11) is 0. The van der Waals surface area contributed by atoms with E-state index >= 15 is 0 Å². The summed E-state index contributed by atoms with van der Waals surface area (Å²) in [6.45, 7) is 0.166. The van der Waals surface area contributed by atoms with Gasteiger partial charge in [0.2, 0.25) is 5.91 Å². The highest BCUT2D eigenvalue weighted by molar-refractivity contribution is 6.02. The molecule has 0 radical (unpaired) electrons. The highest BCUT2D eigenvalue weighted by Gasteiger charge is 2.52. The highest BCUT2D eigenvalue weighted by atomic mass is 16.5. The molecule has 0 spiro atoms. The van der Waals surface area contributed by atoms with Crippen LogP contribution in [0.25, 0.3) is 11.1 Å². The smallest absolute Gasteiger partial charge is 0.408 e. The van der Waals surface area contributed by atoms with Crippen molar-refractivity contribution in [2.45, 2.75) is 30.7 Å². The van der Waals surface area contributed by atoms with Gasteiger partial charge in [0, 0.05) is 11.6 Å². The number of carboxylic acid groups (broad SMARTS) is 1. The number of carbonyl (C=O) groups is 3. The molecule has 3 aromatic carbocycles. The Bertz CT molecular complexity index is 1240. The van der Waals surface area contributed by atoms with Gasteiger partial charge < -0.3 is 20.5 Å². The first-order chi connectivity index (χ1) is 16.5. The van der Waals surface area contributed by atoms with Gasteiger partial charge in [0.25, 0.3) is 0 Å². The quantitative estimate of drug-likeness (QED) is 0.491. The molecule has 5 rings (SSSR count). The van der Waals surface area contributed by atoms with Crippen molar-refractivity contribution < 1.29 is 24.2 Å². The van der Waals surface area contributed by atoms with Crippen molar-refractivity contribution in [3.63, 3.8) is 0 Å². The first-order valence-electron chi connectivity index (χ1n) is 11.2. The number of alkyl carbamates (subject to hydrolysis) is 1. The van der Waals surface area contributed by atoms with Crippen molar-refractivity contribution in [3.8, 4) is 11.1 Å². The van der Waals surface area contributed by atoms with Crippen LogP contribution in [0.3, 0.4) is 0 Å². The van der Waals surface area contributed by atoms with Crippen molar-refractivity contribution in [1.82, 2.24) is 5.32 Å². The Balaban J connectivity index is 1.24. The lowest BCUT2D eigenvalue weighted by Crippen LogP contribution is -2.46. The molecule has 34 heavy (non-hydrogen) atoms. The minimum absolute atomic E-state index is 0.0648. The molecule has 0 aromatic heterocycles. The number of aliphatic carboxylic acids is 1. The lowest BCUT2D eigenvalue weighted by atomic mass is 9.98. The number of ether oxygens (including phenoxy) is 1. The number of benzene rings is 3. The van der Waals surface area contributed by atoms with Gasteiger partial charge in [0.15, 0.2) is 0 Å². The van der Waals surface area contributed by atoms with Gasteiger partial charge >= 0.3 is 12.1 Å². The van der Waals surface area contributed by atoms with Crippen molar-refractivity contribution in [2.75, 3.05) is 11.9 Å². The zero-order valence-corrected chi connectivity index (χ0v) is 18.4. The number of carboxylic acids is 1. The van der Waals surface area contributed by atoms with Crippen molar-refractivity contribution in [1.29, 1.82) is 0 Å². The first-order valence-corrected chi connectivity index (χ1v) is 11.2. The van der Waals surface area contributed by atoms with E-state index in [-0.39, 0.29) is 24.9 Å². The van der Waals surface area contributed by atoms with Gasteiger partial charge in [0.05, 0.1) is 6.42 Å². The topological polar surface area (TPSA) is 105 Å². The number of anilines is 1. The summed E-state index contributed by atoms with van der Waals surface area (Å²) in [5, 5.41) is 14.6. The van der Waals surface area contributed by atoms with Gasteiger partial charge in [-0.15, -0.1) is 0 Å². The Hall–Kier alpha value is -4.13. The zero-order valence-electron chi connectivity index (χ0n) is 18.4. The third kappa shape index (κ3) is 4.12. The van der Waals surface area contributed by atoms with E-state index in [2.05, 4.69) is 22.8 Å². The van der Waals surface area contributed by atoms with Crippen LogP contribution < -0.4 is 10.6 Å². The predicted octanol–water partition coefficient (Wildman–Crippen LogP) is 4.32. The second kappa shape index (κ2) is 8.67. The maximum absolute atomic E-state index is 12.9. The second-order valence-electron chi connectivity index (χ2n) is 8.71. The van der Waals surface area contributed by atoms with E-state index in [0.29, 0.717) is 24.1 Å². The molecule has 0 unspecified atom stereocenters. The number of hydrogen-bond donors (Lipinski definition) is 3. The normalized spacial score (nSPS) is 15.1. The Morgan fingerprint density at radius 1 is 0.882 bits per heavy atom. The zero-order chi connectivity index (χ0) is 23.7. The van der Waals surface area contributed by atoms with Gasteiger partial charge in [-0.3, -0.25) is 9.59 Å². The molecule has 0 aliphatic heterocycles. The molecule has 1 fully saturated rings. The monoisotopic (exact) mass is 456 g/mol. The summed E-state index contributed by atoms with van der Waals surface area (Å²) in [5.74, 6) is -1.43. The van der Waals surface area contributed by atoms with Crippen LogP contribution in [0.15, 0.2) is 72.8 Å². The van der Waals surface area contributed by atoms with Crippen molar-refractivity contribution >= 4 is 23.7 Å². The molecule has 7 heteroatoms. The minimum atomic E-state index is -1.04. The van der Waals surface area contributed by atoms with Gasteiger partial charge in [-0.25, -0.2) is 4.79 Å². The summed E-state index contributed by atoms with van der Waals surface area (Å²) in [6, 6.07) is 22.9. The fraction of sp³-hybridized carbons (Fsp3) is 0.222. The standard InChI is InChI=1S/C27H24N2O5/c30-24(31)15-17-7-1-6-12-23(17)28-25(32)27(13-14-27)29-26(33)34-16-22-20-10-4-2-8-18(20)19-9-3-5-11-21(19)22/h1-12,22H,13-16H2,(H,28,32)(H,29,33)(H,30,31). The largest absolute Gasteiger partial charge is 0.481 e. The molecule has 2 amide bonds. The summed E-state index contributed by atoms with van der Waals surface area (Å²) in [6.07, 6.45) is 0.130. The van der Waals surface area contributed by atoms with Crippen LogP contribution in [-0.4, -0.2) is 35.2 Å². The number of nitrogens with one attached hydrogen (secondary N) is 2. The van der Waals surface area contributed by atoms with E-state index < -0.39 is 17.6 Å². The van der Waals surface area contributed by atoms with E-state index in [4.69, 9.17) is 9.84 Å². The van der Waals surface area contributed by atoms with Crippen molar-refractivity contribution in [3.05, 3.63) is 89.5 Å². The number of rotatable bonds is 7. The summed E-state index contributed by atoms with van der Waals surface area (Å²) < 4.78 is 5.58. The van der Waals surface area contributed by atoms with E-state index in [1.807, 2.05) is 36.4 Å². The minimum Gasteiger partial charge on any atom is -0.481 e. The maximum atomic E-state index is 12.9. The predicted molar refractivity (Wildman–Crippen MR) is 127 cm³/mol. The Morgan fingerprint density at radius 2 is 1.47 bits per heavy atom.